The fraction of sp³-hybridized carbons (Fsp3) is 0.766. The first kappa shape index (κ1) is 52.9. The Labute approximate surface area is 365 Å². The fourth-order valence-electron chi connectivity index (χ4n) is 8.43. The standard InChI is InChI=1S/C22H33N5O2.C16H31N3O2.C6H13N.C2H6.CH4/c23-15-16-7-11-26(12-8-16)19-9-13-27(14-10-19)18-3-1-17(2-4-18)24-20-5-6-21(28)25-22(20)29;1-16(2,3)21-15(20)18-12-13-6-10-19(11-7-13)14-4-8-17-9-5-14;1-4-6-7(3)5-2;1-2;/h1-4,16,19-20,24H,5-15,23H2,(H,25,28,29);13-14,17H,4-12H2,1-3H3,(H,18,20);4H,1,5-6H2,2-3H3;1-2H3;1H4. The van der Waals surface area contributed by atoms with E-state index in [2.05, 4.69) is 73.5 Å². The molecular weight excluding hydrogens is 755 g/mol. The van der Waals surface area contributed by atoms with Crippen LogP contribution in [-0.4, -0.2) is 142 Å². The number of hydrogen-bond acceptors (Lipinski definition) is 11. The first-order valence-electron chi connectivity index (χ1n) is 23.0. The predicted octanol–water partition coefficient (Wildman–Crippen LogP) is 6.30. The van der Waals surface area contributed by atoms with Gasteiger partial charge in [0.2, 0.25) is 11.8 Å². The maximum absolute atomic E-state index is 11.9. The summed E-state index contributed by atoms with van der Waals surface area (Å²) in [5.41, 5.74) is 7.56. The van der Waals surface area contributed by atoms with Gasteiger partial charge in [-0.3, -0.25) is 14.9 Å². The lowest BCUT2D eigenvalue weighted by Gasteiger charge is -2.42. The Kier molecular flexibility index (Phi) is 25.0. The highest BCUT2D eigenvalue weighted by atomic mass is 16.6. The topological polar surface area (TPSA) is 148 Å². The molecule has 1 aromatic rings. The number of ether oxygens (including phenoxy) is 1. The van der Waals surface area contributed by atoms with Crippen LogP contribution < -0.4 is 31.9 Å². The summed E-state index contributed by atoms with van der Waals surface area (Å²) in [7, 11) is 2.07. The highest BCUT2D eigenvalue weighted by Crippen LogP contribution is 2.28. The predicted molar refractivity (Wildman–Crippen MR) is 251 cm³/mol. The minimum absolute atomic E-state index is 0. The molecule has 60 heavy (non-hydrogen) atoms. The maximum Gasteiger partial charge on any atom is 0.407 e. The van der Waals surface area contributed by atoms with Gasteiger partial charge in [0.25, 0.3) is 0 Å². The maximum atomic E-state index is 11.9. The van der Waals surface area contributed by atoms with Crippen molar-refractivity contribution in [1.29, 1.82) is 0 Å². The van der Waals surface area contributed by atoms with Gasteiger partial charge in [0, 0.05) is 56.1 Å². The Hall–Kier alpha value is -3.23. The van der Waals surface area contributed by atoms with Crippen molar-refractivity contribution in [2.45, 2.75) is 137 Å². The Balaban J connectivity index is 0.000000351. The van der Waals surface area contributed by atoms with Crippen molar-refractivity contribution in [3.05, 3.63) is 36.9 Å². The highest BCUT2D eigenvalue weighted by molar-refractivity contribution is 6.01. The lowest BCUT2D eigenvalue weighted by atomic mass is 9.93. The molecule has 0 radical (unpaired) electrons. The molecular formula is C47H87N9O4. The number of nitrogens with one attached hydrogen (secondary N) is 4. The van der Waals surface area contributed by atoms with E-state index in [1.165, 1.54) is 83.2 Å². The summed E-state index contributed by atoms with van der Waals surface area (Å²) in [4.78, 5) is 44.8. The quantitative estimate of drug-likeness (QED) is 0.126. The van der Waals surface area contributed by atoms with Gasteiger partial charge in [-0.1, -0.05) is 34.3 Å². The van der Waals surface area contributed by atoms with Crippen LogP contribution in [0.25, 0.3) is 0 Å². The summed E-state index contributed by atoms with van der Waals surface area (Å²) in [5.74, 6) is 0.896. The smallest absolute Gasteiger partial charge is 0.407 e. The van der Waals surface area contributed by atoms with Gasteiger partial charge in [-0.25, -0.2) is 4.79 Å². The highest BCUT2D eigenvalue weighted by Gasteiger charge is 2.30. The normalized spacial score (nSPS) is 21.4. The van der Waals surface area contributed by atoms with Crippen molar-refractivity contribution >= 4 is 29.3 Å². The average molecular weight is 842 g/mol. The third-order valence-electron chi connectivity index (χ3n) is 12.2. The number of hydrogen-bond donors (Lipinski definition) is 5. The van der Waals surface area contributed by atoms with Gasteiger partial charge in [-0.05, 0) is 174 Å². The van der Waals surface area contributed by atoms with E-state index in [1.54, 1.807) is 0 Å². The van der Waals surface area contributed by atoms with Crippen LogP contribution in [0.15, 0.2) is 36.9 Å². The summed E-state index contributed by atoms with van der Waals surface area (Å²) >= 11 is 0. The SMILES string of the molecule is C.C=CCN(C)CC.CC.CC(C)(C)OC(=O)NCC1CCN(C2CCNCC2)CC1.NCC1CCN(C2CCN(c3ccc(NC4CCC(=O)NC4=O)cc3)CC2)CC1. The number of nitrogens with two attached hydrogens (primary N) is 1. The molecule has 0 spiro atoms. The van der Waals surface area contributed by atoms with Gasteiger partial charge in [0.15, 0.2) is 0 Å². The number of carbonyl (C=O) groups excluding carboxylic acids is 3. The van der Waals surface area contributed by atoms with E-state index in [0.717, 1.165) is 70.0 Å². The Morgan fingerprint density at radius 1 is 0.883 bits per heavy atom. The number of nitrogens with zero attached hydrogens (tertiary/aromatic N) is 4. The summed E-state index contributed by atoms with van der Waals surface area (Å²) in [6.07, 6.45) is 12.4. The molecule has 5 aliphatic heterocycles. The molecule has 5 fully saturated rings. The van der Waals surface area contributed by atoms with Crippen molar-refractivity contribution < 1.29 is 19.1 Å². The molecule has 6 N–H and O–H groups in total. The molecule has 6 rings (SSSR count). The van der Waals surface area contributed by atoms with E-state index in [9.17, 15) is 14.4 Å². The monoisotopic (exact) mass is 842 g/mol. The molecule has 5 saturated heterocycles. The minimum atomic E-state index is -0.414. The van der Waals surface area contributed by atoms with Gasteiger partial charge in [-0.15, -0.1) is 6.58 Å². The number of benzene rings is 1. The number of rotatable bonds is 11. The molecule has 0 aromatic heterocycles. The number of likely N-dealkylation sites (tertiary alicyclic amines) is 2. The molecule has 344 valence electrons. The van der Waals surface area contributed by atoms with Gasteiger partial charge in [0.1, 0.15) is 11.6 Å². The van der Waals surface area contributed by atoms with Crippen molar-refractivity contribution in [1.82, 2.24) is 30.7 Å². The Morgan fingerprint density at radius 3 is 1.92 bits per heavy atom. The Bertz CT molecular complexity index is 1340. The van der Waals surface area contributed by atoms with Crippen LogP contribution in [0.1, 0.15) is 113 Å². The number of likely N-dealkylation sites (N-methyl/N-ethyl adjacent to an activating group) is 1. The van der Waals surface area contributed by atoms with E-state index in [4.69, 9.17) is 10.5 Å². The van der Waals surface area contributed by atoms with Crippen molar-refractivity contribution in [2.24, 2.45) is 17.6 Å². The zero-order chi connectivity index (χ0) is 43.2. The van der Waals surface area contributed by atoms with Crippen molar-refractivity contribution in [3.63, 3.8) is 0 Å². The van der Waals surface area contributed by atoms with E-state index >= 15 is 0 Å². The molecule has 1 unspecified atom stereocenters. The summed E-state index contributed by atoms with van der Waals surface area (Å²) < 4.78 is 5.28. The van der Waals surface area contributed by atoms with Crippen LogP contribution in [0.4, 0.5) is 16.2 Å². The van der Waals surface area contributed by atoms with Crippen LogP contribution in [0, 0.1) is 11.8 Å². The van der Waals surface area contributed by atoms with Crippen LogP contribution in [0.5, 0.6) is 0 Å². The number of anilines is 2. The van der Waals surface area contributed by atoms with Gasteiger partial charge >= 0.3 is 6.09 Å². The molecule has 5 aliphatic rings. The molecule has 1 atom stereocenters. The van der Waals surface area contributed by atoms with Crippen LogP contribution in [0.2, 0.25) is 0 Å². The van der Waals surface area contributed by atoms with E-state index in [1.807, 2.05) is 52.8 Å². The molecule has 0 aliphatic carbocycles. The van der Waals surface area contributed by atoms with Gasteiger partial charge in [-0.2, -0.15) is 0 Å². The van der Waals surface area contributed by atoms with Crippen LogP contribution in [-0.2, 0) is 14.3 Å². The molecule has 1 aromatic carbocycles. The van der Waals surface area contributed by atoms with Crippen molar-refractivity contribution in [2.75, 3.05) is 95.8 Å². The zero-order valence-corrected chi connectivity index (χ0v) is 38.0. The van der Waals surface area contributed by atoms with E-state index < -0.39 is 5.60 Å². The van der Waals surface area contributed by atoms with E-state index in [-0.39, 0.29) is 31.4 Å². The molecule has 13 nitrogen and oxygen atoms in total. The lowest BCUT2D eigenvalue weighted by molar-refractivity contribution is -0.133. The second-order valence-electron chi connectivity index (χ2n) is 17.6. The minimum Gasteiger partial charge on any atom is -0.444 e. The molecule has 3 amide bonds. The number of imide groups is 1. The number of alkyl carbamates (subject to hydrolysis) is 1. The third kappa shape index (κ3) is 19.2. The molecule has 0 saturated carbocycles. The number of amides is 3. The average Bonchev–Trinajstić information content (AvgIpc) is 3.25. The number of piperidine rings is 5. The van der Waals surface area contributed by atoms with E-state index in [0.29, 0.717) is 24.8 Å². The molecule has 0 bridgehead atoms. The van der Waals surface area contributed by atoms with Crippen molar-refractivity contribution in [3.8, 4) is 0 Å². The largest absolute Gasteiger partial charge is 0.444 e. The Morgan fingerprint density at radius 2 is 1.43 bits per heavy atom. The zero-order valence-electron chi connectivity index (χ0n) is 38.0. The molecule has 5 heterocycles. The summed E-state index contributed by atoms with van der Waals surface area (Å²) in [6, 6.07) is 9.45. The fourth-order valence-corrected chi connectivity index (χ4v) is 8.43. The van der Waals surface area contributed by atoms with Gasteiger partial charge in [0.05, 0.1) is 0 Å². The third-order valence-corrected chi connectivity index (χ3v) is 12.2. The summed E-state index contributed by atoms with van der Waals surface area (Å²) in [6.45, 7) is 28.3. The first-order chi connectivity index (χ1) is 28.4. The van der Waals surface area contributed by atoms with Crippen LogP contribution in [0.3, 0.4) is 0 Å². The summed E-state index contributed by atoms with van der Waals surface area (Å²) in [5, 5.41) is 12.0. The molecule has 13 heteroatoms. The second-order valence-corrected chi connectivity index (χ2v) is 17.6. The second kappa shape index (κ2) is 28.4. The van der Waals surface area contributed by atoms with Gasteiger partial charge < -0.3 is 46.0 Å². The van der Waals surface area contributed by atoms with Crippen LogP contribution >= 0.6 is 0 Å². The first-order valence-corrected chi connectivity index (χ1v) is 23.0. The lowest BCUT2D eigenvalue weighted by Crippen LogP contribution is -2.48. The number of carbonyl (C=O) groups is 3.